The lowest BCUT2D eigenvalue weighted by atomic mass is 10.1. The third kappa shape index (κ3) is 4.31. The van der Waals surface area contributed by atoms with Gasteiger partial charge in [0.05, 0.1) is 22.3 Å². The lowest BCUT2D eigenvalue weighted by molar-refractivity contribution is 0.112. The van der Waals surface area contributed by atoms with Crippen molar-refractivity contribution in [1.82, 2.24) is 29.7 Å². The minimum atomic E-state index is -3.28. The fourth-order valence-electron chi connectivity index (χ4n) is 3.83. The molecule has 174 valence electrons. The van der Waals surface area contributed by atoms with Crippen LogP contribution in [0.1, 0.15) is 23.2 Å². The highest BCUT2D eigenvalue weighted by molar-refractivity contribution is 7.90. The predicted octanol–water partition coefficient (Wildman–Crippen LogP) is 1.87. The van der Waals surface area contributed by atoms with Crippen LogP contribution < -0.4 is 9.64 Å². The van der Waals surface area contributed by atoms with Gasteiger partial charge in [-0.2, -0.15) is 5.10 Å². The molecule has 4 heterocycles. The van der Waals surface area contributed by atoms with Gasteiger partial charge in [-0.3, -0.25) is 4.79 Å². The van der Waals surface area contributed by atoms with Crippen LogP contribution in [-0.2, 0) is 9.84 Å². The topological polar surface area (TPSA) is 133 Å². The van der Waals surface area contributed by atoms with E-state index in [9.17, 15) is 13.2 Å². The van der Waals surface area contributed by atoms with Crippen molar-refractivity contribution >= 4 is 33.1 Å². The van der Waals surface area contributed by atoms with Crippen LogP contribution in [0, 0.1) is 0 Å². The molecule has 12 heteroatoms. The van der Waals surface area contributed by atoms with Gasteiger partial charge in [-0.05, 0) is 24.3 Å². The minimum Gasteiger partial charge on any atom is -0.474 e. The SMILES string of the molecule is CS(=O)(=O)c1ccc(-n2ncc3c(OC4CCN(c5ncc(C=O)cn5)CC4)ncnc32)cc1. The Morgan fingerprint density at radius 3 is 2.35 bits per heavy atom. The van der Waals surface area contributed by atoms with Gasteiger partial charge < -0.3 is 9.64 Å². The molecule has 0 atom stereocenters. The minimum absolute atomic E-state index is 0.0407. The molecule has 34 heavy (non-hydrogen) atoms. The van der Waals surface area contributed by atoms with Crippen LogP contribution in [0.15, 0.2) is 54.1 Å². The number of ether oxygens (including phenoxy) is 1. The van der Waals surface area contributed by atoms with E-state index in [-0.39, 0.29) is 11.0 Å². The molecule has 3 aromatic heterocycles. The average molecular weight is 480 g/mol. The van der Waals surface area contributed by atoms with Crippen molar-refractivity contribution in [2.45, 2.75) is 23.8 Å². The van der Waals surface area contributed by atoms with Crippen LogP contribution >= 0.6 is 0 Å². The summed E-state index contributed by atoms with van der Waals surface area (Å²) >= 11 is 0. The molecule has 4 aromatic rings. The fraction of sp³-hybridized carbons (Fsp3) is 0.273. The van der Waals surface area contributed by atoms with E-state index in [0.717, 1.165) is 19.1 Å². The Labute approximate surface area is 195 Å². The molecule has 5 rings (SSSR count). The fourth-order valence-corrected chi connectivity index (χ4v) is 4.46. The highest BCUT2D eigenvalue weighted by atomic mass is 32.2. The van der Waals surface area contributed by atoms with Gasteiger partial charge in [-0.1, -0.05) is 0 Å². The van der Waals surface area contributed by atoms with E-state index in [1.807, 2.05) is 0 Å². The highest BCUT2D eigenvalue weighted by Crippen LogP contribution is 2.27. The molecule has 0 radical (unpaired) electrons. The molecule has 0 saturated carbocycles. The molecule has 0 bridgehead atoms. The second-order valence-electron chi connectivity index (χ2n) is 7.98. The summed E-state index contributed by atoms with van der Waals surface area (Å²) in [4.78, 5) is 30.2. The molecular weight excluding hydrogens is 458 g/mol. The maximum atomic E-state index is 11.7. The molecule has 11 nitrogen and oxygen atoms in total. The van der Waals surface area contributed by atoms with Crippen molar-refractivity contribution in [3.8, 4) is 11.6 Å². The number of piperidine rings is 1. The summed E-state index contributed by atoms with van der Waals surface area (Å²) in [7, 11) is -3.28. The molecule has 0 N–H and O–H groups in total. The monoisotopic (exact) mass is 479 g/mol. The van der Waals surface area contributed by atoms with E-state index in [4.69, 9.17) is 4.74 Å². The molecule has 0 amide bonds. The van der Waals surface area contributed by atoms with Crippen molar-refractivity contribution in [2.24, 2.45) is 0 Å². The Hall–Kier alpha value is -3.93. The first-order valence-electron chi connectivity index (χ1n) is 10.6. The van der Waals surface area contributed by atoms with Crippen molar-refractivity contribution in [1.29, 1.82) is 0 Å². The number of nitrogens with zero attached hydrogens (tertiary/aromatic N) is 7. The maximum absolute atomic E-state index is 11.7. The number of sulfone groups is 1. The van der Waals surface area contributed by atoms with Crippen molar-refractivity contribution in [2.75, 3.05) is 24.2 Å². The van der Waals surface area contributed by atoms with E-state index < -0.39 is 9.84 Å². The third-order valence-electron chi connectivity index (χ3n) is 5.64. The normalized spacial score (nSPS) is 14.9. The predicted molar refractivity (Wildman–Crippen MR) is 123 cm³/mol. The number of benzene rings is 1. The quantitative estimate of drug-likeness (QED) is 0.377. The van der Waals surface area contributed by atoms with Gasteiger partial charge in [0.25, 0.3) is 0 Å². The Morgan fingerprint density at radius 1 is 1.00 bits per heavy atom. The third-order valence-corrected chi connectivity index (χ3v) is 6.76. The van der Waals surface area contributed by atoms with Gasteiger partial charge in [0, 0.05) is 44.6 Å². The first-order valence-corrected chi connectivity index (χ1v) is 12.5. The number of aromatic nitrogens is 6. The second-order valence-corrected chi connectivity index (χ2v) is 9.99. The Morgan fingerprint density at radius 2 is 1.71 bits per heavy atom. The average Bonchev–Trinajstić information content (AvgIpc) is 3.29. The van der Waals surface area contributed by atoms with E-state index in [1.165, 1.54) is 25.0 Å². The summed E-state index contributed by atoms with van der Waals surface area (Å²) < 4.78 is 31.3. The van der Waals surface area contributed by atoms with Crippen LogP contribution in [-0.4, -0.2) is 69.9 Å². The maximum Gasteiger partial charge on any atom is 0.228 e. The van der Waals surface area contributed by atoms with Gasteiger partial charge in [0.2, 0.25) is 11.8 Å². The van der Waals surface area contributed by atoms with Crippen LogP contribution in [0.5, 0.6) is 5.88 Å². The summed E-state index contributed by atoms with van der Waals surface area (Å²) in [6.45, 7) is 1.43. The van der Waals surface area contributed by atoms with Gasteiger partial charge in [0.1, 0.15) is 17.8 Å². The van der Waals surface area contributed by atoms with Crippen molar-refractivity contribution in [3.05, 3.63) is 54.7 Å². The van der Waals surface area contributed by atoms with Crippen LogP contribution in [0.2, 0.25) is 0 Å². The van der Waals surface area contributed by atoms with Gasteiger partial charge in [-0.25, -0.2) is 33.0 Å². The highest BCUT2D eigenvalue weighted by Gasteiger charge is 2.24. The van der Waals surface area contributed by atoms with E-state index in [2.05, 4.69) is 29.9 Å². The zero-order valence-corrected chi connectivity index (χ0v) is 19.1. The molecule has 0 spiro atoms. The zero-order valence-electron chi connectivity index (χ0n) is 18.3. The zero-order chi connectivity index (χ0) is 23.7. The lowest BCUT2D eigenvalue weighted by Crippen LogP contribution is -2.39. The van der Waals surface area contributed by atoms with Crippen molar-refractivity contribution in [3.63, 3.8) is 0 Å². The Balaban J connectivity index is 1.31. The number of aldehydes is 1. The molecule has 1 aliphatic rings. The summed E-state index contributed by atoms with van der Waals surface area (Å²) in [5.74, 6) is 1.05. The van der Waals surface area contributed by atoms with Crippen LogP contribution in [0.4, 0.5) is 5.95 Å². The van der Waals surface area contributed by atoms with Crippen molar-refractivity contribution < 1.29 is 17.9 Å². The van der Waals surface area contributed by atoms with Crippen LogP contribution in [0.3, 0.4) is 0 Å². The largest absolute Gasteiger partial charge is 0.474 e. The van der Waals surface area contributed by atoms with Gasteiger partial charge >= 0.3 is 0 Å². The second kappa shape index (κ2) is 8.78. The number of rotatable bonds is 6. The molecule has 1 aliphatic heterocycles. The molecule has 1 saturated heterocycles. The van der Waals surface area contributed by atoms with Gasteiger partial charge in [0.15, 0.2) is 21.8 Å². The van der Waals surface area contributed by atoms with Gasteiger partial charge in [-0.15, -0.1) is 0 Å². The molecule has 0 unspecified atom stereocenters. The van der Waals surface area contributed by atoms with Crippen LogP contribution in [0.25, 0.3) is 16.7 Å². The number of anilines is 1. The number of hydrogen-bond acceptors (Lipinski definition) is 10. The summed E-state index contributed by atoms with van der Waals surface area (Å²) in [5.41, 5.74) is 1.70. The lowest BCUT2D eigenvalue weighted by Gasteiger charge is -2.31. The standard InChI is InChI=1S/C22H21N7O4S/c1-34(31,32)18-4-2-16(3-5-18)29-20-19(12-27-29)21(26-14-25-20)33-17-6-8-28(9-7-17)22-23-10-15(13-30)11-24-22/h2-5,10-14,17H,6-9H2,1H3. The molecule has 1 aromatic carbocycles. The first kappa shape index (κ1) is 21.9. The van der Waals surface area contributed by atoms with E-state index >= 15 is 0 Å². The number of carbonyl (C=O) groups excluding carboxylic acids is 1. The summed E-state index contributed by atoms with van der Waals surface area (Å²) in [6, 6.07) is 6.46. The Kier molecular flexibility index (Phi) is 5.65. The summed E-state index contributed by atoms with van der Waals surface area (Å²) in [6.07, 6.45) is 9.47. The van der Waals surface area contributed by atoms with E-state index in [0.29, 0.717) is 47.2 Å². The first-order chi connectivity index (χ1) is 16.4. The van der Waals surface area contributed by atoms with E-state index in [1.54, 1.807) is 35.1 Å². The number of hydrogen-bond donors (Lipinski definition) is 0. The molecule has 1 fully saturated rings. The smallest absolute Gasteiger partial charge is 0.228 e. The molecular formula is C22H21N7O4S. The Bertz CT molecular complexity index is 1430. The molecule has 0 aliphatic carbocycles. The number of fused-ring (bicyclic) bond motifs is 1. The summed E-state index contributed by atoms with van der Waals surface area (Å²) in [5, 5.41) is 5.08. The number of carbonyl (C=O) groups is 1.